The molecule has 1 saturated heterocycles. The van der Waals surface area contributed by atoms with Crippen molar-refractivity contribution in [3.8, 4) is 0 Å². The number of carbonyl (C=O) groups excluding carboxylic acids is 2. The number of amides is 1. The molecule has 41 heavy (non-hydrogen) atoms. The van der Waals surface area contributed by atoms with Gasteiger partial charge in [0.1, 0.15) is 23.2 Å². The molecule has 0 spiro atoms. The standard InChI is InChI=1S/C29H39FN4O6S/c1-17-18(2)26(19(3)21-16-29(4,5)40-25(17)21)41(37,38)34-28(31)32-15-9-12-23(27(36)39-6)33-24(35)14-13-20-10-7-8-11-22(20)30/h7-8,10-11,13-14,19,21,23H,9,12,15-16H2,1-6H3,(H,33,35)(H3,31,32,34)/t19?,21?,23-/m0/s1. The van der Waals surface area contributed by atoms with E-state index in [1.165, 1.54) is 31.4 Å². The van der Waals surface area contributed by atoms with E-state index in [1.54, 1.807) is 13.0 Å². The molecule has 0 saturated carbocycles. The minimum Gasteiger partial charge on any atom is -0.492 e. The van der Waals surface area contributed by atoms with Crippen LogP contribution in [0, 0.1) is 17.7 Å². The molecule has 1 aromatic rings. The van der Waals surface area contributed by atoms with Crippen LogP contribution < -0.4 is 15.8 Å². The SMILES string of the molecule is COC(=O)[C@H](CCCN=C(N)NS(=O)(=O)C1=C(C)C(C)=C2OC(C)(C)CC2C1C)NC(=O)C=Cc1ccccc1F. The minimum absolute atomic E-state index is 0.0505. The molecule has 3 rings (SSSR count). The third-order valence-corrected chi connectivity index (χ3v) is 9.07. The van der Waals surface area contributed by atoms with Crippen molar-refractivity contribution in [2.75, 3.05) is 13.7 Å². The Morgan fingerprint density at radius 1 is 1.27 bits per heavy atom. The van der Waals surface area contributed by atoms with Crippen molar-refractivity contribution >= 4 is 33.9 Å². The number of hydrogen-bond acceptors (Lipinski definition) is 7. The summed E-state index contributed by atoms with van der Waals surface area (Å²) in [7, 11) is -2.79. The third kappa shape index (κ3) is 7.75. The second-order valence-electron chi connectivity index (χ2n) is 10.9. The van der Waals surface area contributed by atoms with E-state index in [4.69, 9.17) is 15.2 Å². The molecular weight excluding hydrogens is 551 g/mol. The summed E-state index contributed by atoms with van der Waals surface area (Å²) in [6.07, 6.45) is 3.58. The maximum atomic E-state index is 13.8. The monoisotopic (exact) mass is 590 g/mol. The van der Waals surface area contributed by atoms with E-state index in [-0.39, 0.29) is 53.3 Å². The maximum absolute atomic E-state index is 13.8. The predicted octanol–water partition coefficient (Wildman–Crippen LogP) is 3.52. The number of ether oxygens (including phenoxy) is 2. The number of sulfonamides is 1. The number of methoxy groups -OCH3 is 1. The highest BCUT2D eigenvalue weighted by molar-refractivity contribution is 7.94. The summed E-state index contributed by atoms with van der Waals surface area (Å²) in [5.41, 5.74) is 7.23. The van der Waals surface area contributed by atoms with E-state index in [1.807, 2.05) is 27.7 Å². The van der Waals surface area contributed by atoms with E-state index < -0.39 is 33.8 Å². The van der Waals surface area contributed by atoms with Crippen molar-refractivity contribution in [1.82, 2.24) is 10.0 Å². The summed E-state index contributed by atoms with van der Waals surface area (Å²) in [4.78, 5) is 28.9. The molecule has 12 heteroatoms. The summed E-state index contributed by atoms with van der Waals surface area (Å²) < 4.78 is 53.8. The summed E-state index contributed by atoms with van der Waals surface area (Å²) in [5, 5.41) is 2.53. The van der Waals surface area contributed by atoms with Gasteiger partial charge in [0.25, 0.3) is 10.0 Å². The molecule has 1 amide bonds. The van der Waals surface area contributed by atoms with Gasteiger partial charge in [-0.25, -0.2) is 22.3 Å². The van der Waals surface area contributed by atoms with Gasteiger partial charge in [-0.05, 0) is 70.2 Å². The van der Waals surface area contributed by atoms with Gasteiger partial charge in [0.2, 0.25) is 11.9 Å². The first-order chi connectivity index (χ1) is 19.2. The number of halogens is 1. The van der Waals surface area contributed by atoms with Crippen molar-refractivity contribution in [1.29, 1.82) is 0 Å². The average molecular weight is 591 g/mol. The average Bonchev–Trinajstić information content (AvgIpc) is 3.23. The highest BCUT2D eigenvalue weighted by Crippen LogP contribution is 2.50. The van der Waals surface area contributed by atoms with Crippen LogP contribution in [0.25, 0.3) is 6.08 Å². The van der Waals surface area contributed by atoms with Crippen LogP contribution in [0.3, 0.4) is 0 Å². The number of carbonyl (C=O) groups is 2. The second-order valence-corrected chi connectivity index (χ2v) is 12.5. The van der Waals surface area contributed by atoms with Crippen LogP contribution in [0.5, 0.6) is 0 Å². The van der Waals surface area contributed by atoms with Crippen LogP contribution in [-0.4, -0.2) is 51.6 Å². The lowest BCUT2D eigenvalue weighted by molar-refractivity contribution is -0.144. The molecule has 2 aliphatic rings. The van der Waals surface area contributed by atoms with Gasteiger partial charge in [-0.1, -0.05) is 25.1 Å². The first kappa shape index (κ1) is 31.9. The van der Waals surface area contributed by atoms with Crippen molar-refractivity contribution in [3.63, 3.8) is 0 Å². The summed E-state index contributed by atoms with van der Waals surface area (Å²) >= 11 is 0. The van der Waals surface area contributed by atoms with Gasteiger partial charge in [0.15, 0.2) is 0 Å². The first-order valence-electron chi connectivity index (χ1n) is 13.4. The number of nitrogens with zero attached hydrogens (tertiary/aromatic N) is 1. The lowest BCUT2D eigenvalue weighted by Gasteiger charge is -2.30. The van der Waals surface area contributed by atoms with Gasteiger partial charge < -0.3 is 20.5 Å². The highest BCUT2D eigenvalue weighted by Gasteiger charge is 2.47. The van der Waals surface area contributed by atoms with Gasteiger partial charge in [0.05, 0.1) is 12.0 Å². The molecule has 1 aliphatic heterocycles. The molecule has 0 aromatic heterocycles. The summed E-state index contributed by atoms with van der Waals surface area (Å²) in [6, 6.07) is 4.97. The minimum atomic E-state index is -3.99. The molecular formula is C29H39FN4O6S. The van der Waals surface area contributed by atoms with E-state index in [0.29, 0.717) is 12.0 Å². The van der Waals surface area contributed by atoms with Gasteiger partial charge in [-0.3, -0.25) is 9.79 Å². The Kier molecular flexibility index (Phi) is 10.0. The number of guanidine groups is 1. The van der Waals surface area contributed by atoms with E-state index in [2.05, 4.69) is 15.0 Å². The number of rotatable bonds is 10. The van der Waals surface area contributed by atoms with E-state index in [0.717, 1.165) is 17.4 Å². The van der Waals surface area contributed by atoms with Crippen molar-refractivity contribution < 1.29 is 31.9 Å². The first-order valence-corrected chi connectivity index (χ1v) is 14.9. The number of benzene rings is 1. The lowest BCUT2D eigenvalue weighted by atomic mass is 9.79. The number of allylic oxidation sites excluding steroid dienone is 4. The van der Waals surface area contributed by atoms with Crippen molar-refractivity contribution in [2.45, 2.75) is 65.5 Å². The fourth-order valence-corrected chi connectivity index (χ4v) is 6.90. The Morgan fingerprint density at radius 3 is 2.61 bits per heavy atom. The van der Waals surface area contributed by atoms with Gasteiger partial charge in [-0.15, -0.1) is 0 Å². The molecule has 10 nitrogen and oxygen atoms in total. The van der Waals surface area contributed by atoms with Crippen LogP contribution in [-0.2, 0) is 29.1 Å². The molecule has 0 bridgehead atoms. The smallest absolute Gasteiger partial charge is 0.328 e. The van der Waals surface area contributed by atoms with Crippen LogP contribution in [0.2, 0.25) is 0 Å². The molecule has 4 N–H and O–H groups in total. The maximum Gasteiger partial charge on any atom is 0.328 e. The van der Waals surface area contributed by atoms with Crippen LogP contribution >= 0.6 is 0 Å². The molecule has 1 aromatic carbocycles. The fourth-order valence-electron chi connectivity index (χ4n) is 5.24. The Labute approximate surface area is 241 Å². The molecule has 1 heterocycles. The molecule has 3 atom stereocenters. The third-order valence-electron chi connectivity index (χ3n) is 7.34. The highest BCUT2D eigenvalue weighted by atomic mass is 32.2. The number of nitrogens with two attached hydrogens (primary N) is 1. The van der Waals surface area contributed by atoms with Gasteiger partial charge >= 0.3 is 5.97 Å². The summed E-state index contributed by atoms with van der Waals surface area (Å²) in [6.45, 7) is 9.57. The fraction of sp³-hybridized carbons (Fsp3) is 0.483. The number of hydrogen-bond donors (Lipinski definition) is 3. The zero-order chi connectivity index (χ0) is 30.5. The number of nitrogens with one attached hydrogen (secondary N) is 2. The van der Waals surface area contributed by atoms with Gasteiger partial charge in [-0.2, -0.15) is 0 Å². The number of aliphatic imine (C=N–C) groups is 1. The number of fused-ring (bicyclic) bond motifs is 1. The summed E-state index contributed by atoms with van der Waals surface area (Å²) in [5.74, 6) is -1.54. The quantitative estimate of drug-likeness (QED) is 0.124. The molecule has 224 valence electrons. The normalized spacial score (nSPS) is 21.4. The molecule has 2 unspecified atom stereocenters. The van der Waals surface area contributed by atoms with Crippen LogP contribution in [0.4, 0.5) is 4.39 Å². The Balaban J connectivity index is 1.60. The lowest BCUT2D eigenvalue weighted by Crippen LogP contribution is -2.41. The molecule has 0 radical (unpaired) electrons. The molecule has 1 fully saturated rings. The predicted molar refractivity (Wildman–Crippen MR) is 155 cm³/mol. The van der Waals surface area contributed by atoms with Gasteiger partial charge in [0, 0.05) is 30.0 Å². The van der Waals surface area contributed by atoms with Crippen LogP contribution in [0.15, 0.2) is 57.1 Å². The zero-order valence-corrected chi connectivity index (χ0v) is 25.1. The number of esters is 1. The van der Waals surface area contributed by atoms with Crippen molar-refractivity contribution in [2.24, 2.45) is 22.6 Å². The van der Waals surface area contributed by atoms with E-state index in [9.17, 15) is 22.4 Å². The van der Waals surface area contributed by atoms with Crippen LogP contribution in [0.1, 0.15) is 59.4 Å². The second kappa shape index (κ2) is 12.9. The topological polar surface area (TPSA) is 149 Å². The molecule has 1 aliphatic carbocycles. The Morgan fingerprint density at radius 2 is 1.95 bits per heavy atom. The largest absolute Gasteiger partial charge is 0.492 e. The Bertz CT molecular complexity index is 1410. The van der Waals surface area contributed by atoms with Crippen molar-refractivity contribution in [3.05, 3.63) is 63.5 Å². The zero-order valence-electron chi connectivity index (χ0n) is 24.3. The Hall–Kier alpha value is -3.67. The van der Waals surface area contributed by atoms with E-state index >= 15 is 0 Å².